The van der Waals surface area contributed by atoms with Gasteiger partial charge < -0.3 is 15.8 Å². The number of aromatic nitrogens is 6. The van der Waals surface area contributed by atoms with Crippen molar-refractivity contribution >= 4 is 17.6 Å². The van der Waals surface area contributed by atoms with E-state index in [2.05, 4.69) is 30.6 Å². The quantitative estimate of drug-likeness (QED) is 0.226. The van der Waals surface area contributed by atoms with Gasteiger partial charge in [-0.15, -0.1) is 0 Å². The van der Waals surface area contributed by atoms with Crippen molar-refractivity contribution in [3.63, 3.8) is 0 Å². The minimum Gasteiger partial charge on any atom is -0.382 e. The summed E-state index contributed by atoms with van der Waals surface area (Å²) < 4.78 is 32.5. The summed E-state index contributed by atoms with van der Waals surface area (Å²) in [6, 6.07) is 13.0. The molecule has 0 amide bonds. The molecular formula is C25H26ClF2N9O. The predicted molar refractivity (Wildman–Crippen MR) is 139 cm³/mol. The van der Waals surface area contributed by atoms with Gasteiger partial charge >= 0.3 is 6.55 Å². The summed E-state index contributed by atoms with van der Waals surface area (Å²) in [5.41, 5.74) is 10.00. The molecule has 5 rings (SSSR count). The van der Waals surface area contributed by atoms with E-state index >= 15 is 0 Å². The Morgan fingerprint density at radius 2 is 2.00 bits per heavy atom. The van der Waals surface area contributed by atoms with Gasteiger partial charge in [0.05, 0.1) is 36.5 Å². The van der Waals surface area contributed by atoms with Crippen LogP contribution in [0, 0.1) is 0 Å². The standard InChI is InChI=1S/C25H26ClF2N9O/c1-38-13-22(17-6-9-20(26)19(10-17)23-31-14-33-36(23)24(27)28)34-25(29)30-11-15-2-4-16(5-3-15)21-12-32-37(35-21)18-7-8-18/h2-6,9-10,12,14,18,22,24H,7-8,11,13H2,1H3,(H3,29,30,34). The average Bonchev–Trinajstić information content (AvgIpc) is 3.43. The van der Waals surface area contributed by atoms with Crippen LogP contribution in [0.25, 0.3) is 22.6 Å². The Bertz CT molecular complexity index is 1420. The molecule has 0 aliphatic heterocycles. The molecule has 0 spiro atoms. The molecule has 0 bridgehead atoms. The topological polar surface area (TPSA) is 121 Å². The molecule has 3 N–H and O–H groups in total. The molecule has 1 atom stereocenters. The number of guanidine groups is 1. The summed E-state index contributed by atoms with van der Waals surface area (Å²) in [6.45, 7) is -2.25. The number of benzene rings is 2. The number of nitrogens with two attached hydrogens (primary N) is 1. The van der Waals surface area contributed by atoms with E-state index in [1.54, 1.807) is 36.3 Å². The van der Waals surface area contributed by atoms with E-state index < -0.39 is 12.6 Å². The number of nitrogens with zero attached hydrogens (tertiary/aromatic N) is 7. The first kappa shape index (κ1) is 25.7. The van der Waals surface area contributed by atoms with Crippen LogP contribution in [0.2, 0.25) is 5.02 Å². The molecule has 2 heterocycles. The maximum atomic E-state index is 13.3. The van der Waals surface area contributed by atoms with Crippen LogP contribution in [-0.2, 0) is 11.3 Å². The monoisotopic (exact) mass is 541 g/mol. The van der Waals surface area contributed by atoms with Crippen LogP contribution in [0.15, 0.2) is 60.0 Å². The Kier molecular flexibility index (Phi) is 7.61. The van der Waals surface area contributed by atoms with Gasteiger partial charge in [0.25, 0.3) is 0 Å². The highest BCUT2D eigenvalue weighted by atomic mass is 35.5. The van der Waals surface area contributed by atoms with E-state index in [1.165, 1.54) is 0 Å². The summed E-state index contributed by atoms with van der Waals surface area (Å²) >= 11 is 6.30. The third-order valence-electron chi connectivity index (χ3n) is 6.11. The number of rotatable bonds is 10. The van der Waals surface area contributed by atoms with Crippen molar-refractivity contribution in [3.05, 3.63) is 71.1 Å². The Hall–Kier alpha value is -3.90. The fourth-order valence-electron chi connectivity index (χ4n) is 3.98. The molecule has 2 aromatic carbocycles. The zero-order chi connectivity index (χ0) is 26.6. The van der Waals surface area contributed by atoms with Gasteiger partial charge in [0.1, 0.15) is 12.0 Å². The number of aliphatic imine (C=N–C) groups is 1. The van der Waals surface area contributed by atoms with Crippen LogP contribution >= 0.6 is 11.6 Å². The summed E-state index contributed by atoms with van der Waals surface area (Å²) in [5.74, 6) is 0.166. The zero-order valence-electron chi connectivity index (χ0n) is 20.5. The summed E-state index contributed by atoms with van der Waals surface area (Å²) in [7, 11) is 1.55. The molecule has 13 heteroatoms. The minimum absolute atomic E-state index is 0.0387. The van der Waals surface area contributed by atoms with Crippen molar-refractivity contribution in [2.24, 2.45) is 10.7 Å². The maximum absolute atomic E-state index is 13.3. The van der Waals surface area contributed by atoms with E-state index in [4.69, 9.17) is 22.1 Å². The summed E-state index contributed by atoms with van der Waals surface area (Å²) in [4.78, 5) is 10.2. The van der Waals surface area contributed by atoms with Crippen LogP contribution in [0.1, 0.15) is 42.6 Å². The Morgan fingerprint density at radius 1 is 1.21 bits per heavy atom. The first-order valence-corrected chi connectivity index (χ1v) is 12.3. The number of ether oxygens (including phenoxy) is 1. The van der Waals surface area contributed by atoms with Gasteiger partial charge in [-0.3, -0.25) is 0 Å². The molecular weight excluding hydrogens is 516 g/mol. The molecule has 1 aliphatic carbocycles. The number of hydrogen-bond acceptors (Lipinski definition) is 6. The SMILES string of the molecule is COCC(NC(N)=NCc1ccc(-c2cnn(C3CC3)n2)cc1)c1ccc(Cl)c(-c2ncnn2C(F)F)c1. The highest BCUT2D eigenvalue weighted by molar-refractivity contribution is 6.33. The van der Waals surface area contributed by atoms with Gasteiger partial charge in [0.15, 0.2) is 11.8 Å². The van der Waals surface area contributed by atoms with Gasteiger partial charge in [-0.05, 0) is 36.1 Å². The van der Waals surface area contributed by atoms with Gasteiger partial charge in [0, 0.05) is 18.2 Å². The Labute approximate surface area is 222 Å². The van der Waals surface area contributed by atoms with Crippen molar-refractivity contribution in [2.45, 2.75) is 38.0 Å². The largest absolute Gasteiger partial charge is 0.382 e. The first-order chi connectivity index (χ1) is 18.4. The predicted octanol–water partition coefficient (Wildman–Crippen LogP) is 4.38. The molecule has 0 saturated heterocycles. The van der Waals surface area contributed by atoms with Crippen LogP contribution in [0.5, 0.6) is 0 Å². The van der Waals surface area contributed by atoms with Crippen LogP contribution in [0.3, 0.4) is 0 Å². The smallest absolute Gasteiger partial charge is 0.335 e. The number of halogens is 3. The maximum Gasteiger partial charge on any atom is 0.335 e. The van der Waals surface area contributed by atoms with Gasteiger partial charge in [-0.2, -0.15) is 33.6 Å². The van der Waals surface area contributed by atoms with Crippen LogP contribution < -0.4 is 11.1 Å². The molecule has 1 aliphatic rings. The Morgan fingerprint density at radius 3 is 2.71 bits per heavy atom. The Balaban J connectivity index is 1.27. The third-order valence-corrected chi connectivity index (χ3v) is 6.44. The second-order valence-electron chi connectivity index (χ2n) is 8.88. The van der Waals surface area contributed by atoms with Gasteiger partial charge in [-0.25, -0.2) is 9.98 Å². The lowest BCUT2D eigenvalue weighted by Gasteiger charge is -2.20. The van der Waals surface area contributed by atoms with E-state index in [-0.39, 0.29) is 23.4 Å². The molecule has 0 radical (unpaired) electrons. The lowest BCUT2D eigenvalue weighted by Crippen LogP contribution is -2.37. The lowest BCUT2D eigenvalue weighted by atomic mass is 10.0. The molecule has 1 saturated carbocycles. The molecule has 2 aromatic heterocycles. The summed E-state index contributed by atoms with van der Waals surface area (Å²) in [6.07, 6.45) is 5.10. The highest BCUT2D eigenvalue weighted by Gasteiger charge is 2.26. The van der Waals surface area contributed by atoms with Gasteiger partial charge in [0.2, 0.25) is 0 Å². The van der Waals surface area contributed by atoms with Crippen molar-refractivity contribution < 1.29 is 13.5 Å². The zero-order valence-corrected chi connectivity index (χ0v) is 21.3. The van der Waals surface area contributed by atoms with Crippen molar-refractivity contribution in [1.82, 2.24) is 35.1 Å². The number of methoxy groups -OCH3 is 1. The average molecular weight is 542 g/mol. The van der Waals surface area contributed by atoms with Crippen molar-refractivity contribution in [2.75, 3.05) is 13.7 Å². The highest BCUT2D eigenvalue weighted by Crippen LogP contribution is 2.34. The fraction of sp³-hybridized carbons (Fsp3) is 0.320. The van der Waals surface area contributed by atoms with E-state index in [0.717, 1.165) is 36.0 Å². The number of nitrogens with one attached hydrogen (secondary N) is 1. The third kappa shape index (κ3) is 5.81. The van der Waals surface area contributed by atoms with Crippen molar-refractivity contribution in [1.29, 1.82) is 0 Å². The van der Waals surface area contributed by atoms with Crippen LogP contribution in [0.4, 0.5) is 8.78 Å². The molecule has 4 aromatic rings. The fourth-order valence-corrected chi connectivity index (χ4v) is 4.18. The molecule has 10 nitrogen and oxygen atoms in total. The number of hydrogen-bond donors (Lipinski definition) is 2. The van der Waals surface area contributed by atoms with E-state index in [9.17, 15) is 8.78 Å². The van der Waals surface area contributed by atoms with E-state index in [0.29, 0.717) is 28.4 Å². The molecule has 1 fully saturated rings. The normalized spacial score (nSPS) is 14.7. The second-order valence-corrected chi connectivity index (χ2v) is 9.28. The number of alkyl halides is 2. The minimum atomic E-state index is -2.85. The summed E-state index contributed by atoms with van der Waals surface area (Å²) in [5, 5.41) is 15.9. The molecule has 198 valence electrons. The van der Waals surface area contributed by atoms with Gasteiger partial charge in [-0.1, -0.05) is 41.9 Å². The second kappa shape index (κ2) is 11.2. The van der Waals surface area contributed by atoms with E-state index in [1.807, 2.05) is 24.3 Å². The van der Waals surface area contributed by atoms with Crippen molar-refractivity contribution in [3.8, 4) is 22.6 Å². The molecule has 1 unspecified atom stereocenters. The van der Waals surface area contributed by atoms with Crippen LogP contribution in [-0.4, -0.2) is 49.4 Å². The molecule has 38 heavy (non-hydrogen) atoms. The lowest BCUT2D eigenvalue weighted by molar-refractivity contribution is 0.0582. The first-order valence-electron chi connectivity index (χ1n) is 12.0.